The summed E-state index contributed by atoms with van der Waals surface area (Å²) >= 11 is 0. The first kappa shape index (κ1) is 25.8. The maximum atomic E-state index is 15.1. The van der Waals surface area contributed by atoms with E-state index in [2.05, 4.69) is 15.3 Å². The molecular weight excluding hydrogens is 473 g/mol. The number of hydrogen-bond acceptors (Lipinski definition) is 6. The van der Waals surface area contributed by atoms with Gasteiger partial charge in [0.1, 0.15) is 23.1 Å². The van der Waals surface area contributed by atoms with Gasteiger partial charge in [-0.05, 0) is 45.4 Å². The van der Waals surface area contributed by atoms with Crippen molar-refractivity contribution in [2.75, 3.05) is 24.4 Å². The van der Waals surface area contributed by atoms with Crippen molar-refractivity contribution < 1.29 is 27.8 Å². The first-order valence-corrected chi connectivity index (χ1v) is 11.6. The number of hydrogen-bond donors (Lipinski definition) is 2. The molecule has 1 unspecified atom stereocenters. The maximum Gasteiger partial charge on any atom is 0.303 e. The summed E-state index contributed by atoms with van der Waals surface area (Å²) < 4.78 is 50.1. The van der Waals surface area contributed by atoms with Gasteiger partial charge >= 0.3 is 5.92 Å². The number of carbonyl (C=O) groups excluding carboxylic acids is 1. The molecule has 0 saturated heterocycles. The van der Waals surface area contributed by atoms with Gasteiger partial charge in [-0.2, -0.15) is 8.78 Å². The highest BCUT2D eigenvalue weighted by molar-refractivity contribution is 6.09. The van der Waals surface area contributed by atoms with Crippen LogP contribution in [0.25, 0.3) is 10.9 Å². The van der Waals surface area contributed by atoms with Crippen molar-refractivity contribution in [2.45, 2.75) is 57.8 Å². The Kier molecular flexibility index (Phi) is 6.25. The van der Waals surface area contributed by atoms with E-state index in [9.17, 15) is 18.7 Å². The van der Waals surface area contributed by atoms with Gasteiger partial charge in [0.25, 0.3) is 5.91 Å². The van der Waals surface area contributed by atoms with Gasteiger partial charge in [0.15, 0.2) is 5.60 Å². The first-order valence-electron chi connectivity index (χ1n) is 11.6. The number of aromatic nitrogens is 2. The third kappa shape index (κ3) is 3.79. The van der Waals surface area contributed by atoms with Gasteiger partial charge in [0.2, 0.25) is 0 Å². The van der Waals surface area contributed by atoms with Crippen LogP contribution in [0.5, 0.6) is 0 Å². The van der Waals surface area contributed by atoms with Gasteiger partial charge in [0, 0.05) is 37.2 Å². The third-order valence-corrected chi connectivity index (χ3v) is 6.85. The number of aryl methyl sites for hydroxylation is 1. The van der Waals surface area contributed by atoms with Crippen molar-refractivity contribution in [2.24, 2.45) is 0 Å². The molecule has 2 heterocycles. The number of nitrogens with zero attached hydrogens (tertiary/aromatic N) is 3. The highest BCUT2D eigenvalue weighted by Gasteiger charge is 2.50. The van der Waals surface area contributed by atoms with Crippen LogP contribution < -0.4 is 10.2 Å². The highest BCUT2D eigenvalue weighted by atomic mass is 19.3. The summed E-state index contributed by atoms with van der Waals surface area (Å²) in [6, 6.07) is 7.24. The number of benzene rings is 2. The van der Waals surface area contributed by atoms with Crippen molar-refractivity contribution in [3.63, 3.8) is 0 Å². The SMILES string of the molecule is CCC1(OC)C(=O)N(C)c2cc3c(NCc4cccc(C(F)(F)C(C)(C)O)c4F)nc(C)nc3cc21. The van der Waals surface area contributed by atoms with Crippen LogP contribution in [0.2, 0.25) is 0 Å². The Balaban J connectivity index is 1.76. The predicted octanol–water partition coefficient (Wildman–Crippen LogP) is 4.78. The Morgan fingerprint density at radius 3 is 2.53 bits per heavy atom. The number of amides is 1. The maximum absolute atomic E-state index is 15.1. The van der Waals surface area contributed by atoms with Gasteiger partial charge in [-0.25, -0.2) is 14.4 Å². The fraction of sp³-hybridized carbons (Fsp3) is 0.423. The molecule has 10 heteroatoms. The third-order valence-electron chi connectivity index (χ3n) is 6.85. The minimum atomic E-state index is -3.80. The Hall–Kier alpha value is -3.24. The van der Waals surface area contributed by atoms with Crippen molar-refractivity contribution in [1.82, 2.24) is 9.97 Å². The topological polar surface area (TPSA) is 87.6 Å². The minimum Gasteiger partial charge on any atom is -0.384 e. The molecule has 0 fully saturated rings. The second-order valence-electron chi connectivity index (χ2n) is 9.52. The van der Waals surface area contributed by atoms with Gasteiger partial charge in [-0.1, -0.05) is 19.1 Å². The average Bonchev–Trinajstić information content (AvgIpc) is 3.02. The zero-order valence-electron chi connectivity index (χ0n) is 21.0. The van der Waals surface area contributed by atoms with Crippen molar-refractivity contribution >= 4 is 28.3 Å². The molecule has 1 aromatic heterocycles. The summed E-state index contributed by atoms with van der Waals surface area (Å²) in [6.07, 6.45) is 0.436. The zero-order valence-corrected chi connectivity index (χ0v) is 21.0. The van der Waals surface area contributed by atoms with Crippen molar-refractivity contribution in [3.8, 4) is 0 Å². The van der Waals surface area contributed by atoms with E-state index in [1.807, 2.05) is 6.92 Å². The number of likely N-dealkylation sites (N-methyl/N-ethyl adjacent to an activating group) is 1. The molecule has 0 aliphatic carbocycles. The van der Waals surface area contributed by atoms with E-state index in [1.165, 1.54) is 24.1 Å². The summed E-state index contributed by atoms with van der Waals surface area (Å²) in [6.45, 7) is 5.30. The van der Waals surface area contributed by atoms with E-state index < -0.39 is 28.5 Å². The lowest BCUT2D eigenvalue weighted by Gasteiger charge is -2.30. The molecule has 0 saturated carbocycles. The molecule has 36 heavy (non-hydrogen) atoms. The lowest BCUT2D eigenvalue weighted by molar-refractivity contribution is -0.170. The number of rotatable bonds is 7. The number of ether oxygens (including phenoxy) is 1. The molecule has 2 N–H and O–H groups in total. The van der Waals surface area contributed by atoms with Gasteiger partial charge < -0.3 is 20.1 Å². The Labute approximate surface area is 207 Å². The predicted molar refractivity (Wildman–Crippen MR) is 131 cm³/mol. The number of fused-ring (bicyclic) bond motifs is 2. The molecular formula is C26H29F3N4O3. The van der Waals surface area contributed by atoms with Crippen LogP contribution in [0.1, 0.15) is 49.7 Å². The lowest BCUT2D eigenvalue weighted by Crippen LogP contribution is -2.41. The monoisotopic (exact) mass is 502 g/mol. The molecule has 7 nitrogen and oxygen atoms in total. The Bertz CT molecular complexity index is 1350. The molecule has 1 aliphatic heterocycles. The second-order valence-corrected chi connectivity index (χ2v) is 9.52. The van der Waals surface area contributed by atoms with E-state index in [-0.39, 0.29) is 18.0 Å². The summed E-state index contributed by atoms with van der Waals surface area (Å²) in [7, 11) is 3.16. The van der Waals surface area contributed by atoms with Crippen LogP contribution in [0.4, 0.5) is 24.7 Å². The second kappa shape index (κ2) is 8.70. The molecule has 1 amide bonds. The van der Waals surface area contributed by atoms with E-state index in [0.29, 0.717) is 40.2 Å². The van der Waals surface area contributed by atoms with Crippen molar-refractivity contribution in [1.29, 1.82) is 0 Å². The molecule has 3 aromatic rings. The van der Waals surface area contributed by atoms with Crippen LogP contribution in [0.3, 0.4) is 0 Å². The number of halogens is 3. The van der Waals surface area contributed by atoms with Gasteiger partial charge in [0.05, 0.1) is 16.8 Å². The smallest absolute Gasteiger partial charge is 0.303 e. The standard InChI is InChI=1S/C26H29F3N4O3/c1-7-25(36-6)18-12-19-16(11-20(18)33(5)23(25)34)22(32-14(2)31-19)30-13-15-9-8-10-17(21(15)27)26(28,29)24(3,4)35/h8-12,35H,7,13H2,1-6H3,(H,30,31,32). The Morgan fingerprint density at radius 2 is 1.92 bits per heavy atom. The van der Waals surface area contributed by atoms with Crippen LogP contribution in [0, 0.1) is 12.7 Å². The first-order chi connectivity index (χ1) is 16.8. The molecule has 0 spiro atoms. The molecule has 1 atom stereocenters. The fourth-order valence-corrected chi connectivity index (χ4v) is 4.66. The van der Waals surface area contributed by atoms with Crippen molar-refractivity contribution in [3.05, 3.63) is 58.7 Å². The molecule has 192 valence electrons. The van der Waals surface area contributed by atoms with E-state index in [4.69, 9.17) is 4.74 Å². The van der Waals surface area contributed by atoms with Crippen LogP contribution in [0.15, 0.2) is 30.3 Å². The highest BCUT2D eigenvalue weighted by Crippen LogP contribution is 2.46. The summed E-state index contributed by atoms with van der Waals surface area (Å²) in [5.41, 5.74) is -2.55. The number of nitrogens with one attached hydrogen (secondary N) is 1. The zero-order chi connectivity index (χ0) is 26.6. The number of alkyl halides is 2. The van der Waals surface area contributed by atoms with Crippen LogP contribution in [-0.2, 0) is 27.6 Å². The quantitative estimate of drug-likeness (QED) is 0.484. The molecule has 4 rings (SSSR count). The van der Waals surface area contributed by atoms with E-state index >= 15 is 4.39 Å². The summed E-state index contributed by atoms with van der Waals surface area (Å²) in [4.78, 5) is 23.5. The number of carbonyl (C=O) groups is 1. The number of methoxy groups -OCH3 is 1. The van der Waals surface area contributed by atoms with E-state index in [0.717, 1.165) is 19.9 Å². The average molecular weight is 503 g/mol. The molecule has 1 aliphatic rings. The minimum absolute atomic E-state index is 0.0151. The molecule has 0 radical (unpaired) electrons. The fourth-order valence-electron chi connectivity index (χ4n) is 4.66. The number of aliphatic hydroxyl groups is 1. The largest absolute Gasteiger partial charge is 0.384 e. The van der Waals surface area contributed by atoms with Crippen LogP contribution in [-0.4, -0.2) is 40.7 Å². The summed E-state index contributed by atoms with van der Waals surface area (Å²) in [5.74, 6) is -4.29. The van der Waals surface area contributed by atoms with E-state index in [1.54, 1.807) is 26.1 Å². The molecule has 0 bridgehead atoms. The normalized spacial score (nSPS) is 18.2. The lowest BCUT2D eigenvalue weighted by atomic mass is 9.91. The number of anilines is 2. The van der Waals surface area contributed by atoms with Crippen LogP contribution >= 0.6 is 0 Å². The molecule has 2 aromatic carbocycles. The van der Waals surface area contributed by atoms with Gasteiger partial charge in [-0.15, -0.1) is 0 Å². The van der Waals surface area contributed by atoms with Gasteiger partial charge in [-0.3, -0.25) is 4.79 Å². The summed E-state index contributed by atoms with van der Waals surface area (Å²) in [5, 5.41) is 13.5. The Morgan fingerprint density at radius 1 is 1.22 bits per heavy atom.